The summed E-state index contributed by atoms with van der Waals surface area (Å²) in [4.78, 5) is 11.9. The third-order valence-electron chi connectivity index (χ3n) is 3.48. The van der Waals surface area contributed by atoms with Crippen LogP contribution < -0.4 is 10.2 Å². The monoisotopic (exact) mass is 460 g/mol. The van der Waals surface area contributed by atoms with Gasteiger partial charge in [-0.2, -0.15) is 5.10 Å². The van der Waals surface area contributed by atoms with Gasteiger partial charge in [-0.25, -0.2) is 5.43 Å². The number of halogens is 2. The van der Waals surface area contributed by atoms with Gasteiger partial charge < -0.3 is 4.74 Å². The summed E-state index contributed by atoms with van der Waals surface area (Å²) in [5.41, 5.74) is 3.33. The van der Waals surface area contributed by atoms with Crippen LogP contribution in [0.1, 0.15) is 5.56 Å². The summed E-state index contributed by atoms with van der Waals surface area (Å²) in [7, 11) is 0. The van der Waals surface area contributed by atoms with Gasteiger partial charge in [-0.3, -0.25) is 4.79 Å². The first-order valence-corrected chi connectivity index (χ1v) is 9.10. The van der Waals surface area contributed by atoms with E-state index >= 15 is 0 Å². The van der Waals surface area contributed by atoms with Crippen molar-refractivity contribution in [2.24, 2.45) is 5.10 Å². The number of ether oxygens (including phenoxy) is 1. The van der Waals surface area contributed by atoms with Gasteiger partial charge in [-0.15, -0.1) is 0 Å². The Morgan fingerprint density at radius 3 is 2.64 bits per heavy atom. The fourth-order valence-electron chi connectivity index (χ4n) is 2.25. The first kappa shape index (κ1) is 17.6. The average molecular weight is 462 g/mol. The average Bonchev–Trinajstić information content (AvgIpc) is 2.63. The van der Waals surface area contributed by atoms with Crippen molar-refractivity contribution in [3.63, 3.8) is 0 Å². The molecule has 3 rings (SSSR count). The lowest BCUT2D eigenvalue weighted by molar-refractivity contribution is -0.123. The minimum atomic E-state index is -0.330. The lowest BCUT2D eigenvalue weighted by Gasteiger charge is -2.09. The van der Waals surface area contributed by atoms with Crippen molar-refractivity contribution in [2.75, 3.05) is 6.61 Å². The molecule has 1 amide bonds. The van der Waals surface area contributed by atoms with Crippen LogP contribution in [0.4, 0.5) is 0 Å². The second-order valence-electron chi connectivity index (χ2n) is 5.20. The summed E-state index contributed by atoms with van der Waals surface area (Å²) in [5.74, 6) is 0.284. The first-order chi connectivity index (χ1) is 12.1. The van der Waals surface area contributed by atoms with Crippen LogP contribution >= 0.6 is 31.9 Å². The van der Waals surface area contributed by atoms with Crippen molar-refractivity contribution < 1.29 is 9.53 Å². The van der Waals surface area contributed by atoms with Crippen LogP contribution in [0.3, 0.4) is 0 Å². The number of nitrogens with one attached hydrogen (secondary N) is 1. The fourth-order valence-corrected chi connectivity index (χ4v) is 3.25. The molecule has 0 bridgehead atoms. The van der Waals surface area contributed by atoms with Crippen LogP contribution in [0.2, 0.25) is 0 Å². The number of fused-ring (bicyclic) bond motifs is 1. The molecule has 0 aromatic heterocycles. The lowest BCUT2D eigenvalue weighted by atomic mass is 10.1. The molecule has 6 heteroatoms. The number of amides is 1. The quantitative estimate of drug-likeness (QED) is 0.434. The molecule has 126 valence electrons. The summed E-state index contributed by atoms with van der Waals surface area (Å²) >= 11 is 6.95. The molecule has 25 heavy (non-hydrogen) atoms. The maximum Gasteiger partial charge on any atom is 0.277 e. The first-order valence-electron chi connectivity index (χ1n) is 7.51. The van der Waals surface area contributed by atoms with Gasteiger partial charge in [0.05, 0.1) is 10.7 Å². The number of rotatable bonds is 5. The van der Waals surface area contributed by atoms with Crippen molar-refractivity contribution in [3.05, 3.63) is 75.2 Å². The number of nitrogens with zero attached hydrogens (tertiary/aromatic N) is 1. The number of carbonyl (C=O) groups excluding carboxylic acids is 1. The Balaban J connectivity index is 1.59. The van der Waals surface area contributed by atoms with Crippen molar-refractivity contribution in [2.45, 2.75) is 0 Å². The maximum absolute atomic E-state index is 11.9. The zero-order valence-corrected chi connectivity index (χ0v) is 16.2. The Kier molecular flexibility index (Phi) is 5.83. The maximum atomic E-state index is 11.9. The standard InChI is InChI=1S/C19H14Br2N2O2/c20-16-8-4-2-6-14(16)11-22-23-18(24)12-25-17-10-9-13-5-1-3-7-15(13)19(17)21/h1-11H,12H2,(H,23,24)/b22-11+. The van der Waals surface area contributed by atoms with Crippen LogP contribution in [-0.4, -0.2) is 18.7 Å². The van der Waals surface area contributed by atoms with Gasteiger partial charge in [0, 0.05) is 10.0 Å². The van der Waals surface area contributed by atoms with Crippen LogP contribution in [0, 0.1) is 0 Å². The molecular weight excluding hydrogens is 448 g/mol. The molecule has 3 aromatic carbocycles. The van der Waals surface area contributed by atoms with Crippen LogP contribution in [0.5, 0.6) is 5.75 Å². The van der Waals surface area contributed by atoms with Crippen molar-refractivity contribution in [1.29, 1.82) is 0 Å². The van der Waals surface area contributed by atoms with E-state index in [1.54, 1.807) is 6.21 Å². The molecule has 0 radical (unpaired) electrons. The van der Waals surface area contributed by atoms with Crippen molar-refractivity contribution >= 4 is 54.8 Å². The zero-order valence-electron chi connectivity index (χ0n) is 13.1. The van der Waals surface area contributed by atoms with Gasteiger partial charge in [0.15, 0.2) is 6.61 Å². The van der Waals surface area contributed by atoms with E-state index in [0.29, 0.717) is 5.75 Å². The van der Waals surface area contributed by atoms with Gasteiger partial charge in [0.1, 0.15) is 5.75 Å². The van der Waals surface area contributed by atoms with E-state index in [9.17, 15) is 4.79 Å². The van der Waals surface area contributed by atoms with Crippen LogP contribution in [0.15, 0.2) is 74.7 Å². The smallest absolute Gasteiger partial charge is 0.277 e. The zero-order chi connectivity index (χ0) is 17.6. The Hall–Kier alpha value is -2.18. The molecule has 0 saturated heterocycles. The third kappa shape index (κ3) is 4.46. The van der Waals surface area contributed by atoms with Gasteiger partial charge in [-0.1, -0.05) is 64.5 Å². The van der Waals surface area contributed by atoms with Gasteiger partial charge in [0.25, 0.3) is 5.91 Å². The molecule has 0 aliphatic heterocycles. The van der Waals surface area contributed by atoms with Crippen molar-refractivity contribution in [1.82, 2.24) is 5.43 Å². The van der Waals surface area contributed by atoms with E-state index in [2.05, 4.69) is 42.4 Å². The molecule has 0 saturated carbocycles. The molecule has 0 fully saturated rings. The molecule has 1 N–H and O–H groups in total. The fraction of sp³-hybridized carbons (Fsp3) is 0.0526. The van der Waals surface area contributed by atoms with E-state index in [-0.39, 0.29) is 12.5 Å². The summed E-state index contributed by atoms with van der Waals surface area (Å²) in [6.07, 6.45) is 1.58. The van der Waals surface area contributed by atoms with E-state index in [1.807, 2.05) is 60.7 Å². The normalized spacial score (nSPS) is 11.0. The molecule has 0 heterocycles. The van der Waals surface area contributed by atoms with E-state index in [0.717, 1.165) is 25.3 Å². The Bertz CT molecular complexity index is 942. The van der Waals surface area contributed by atoms with E-state index in [4.69, 9.17) is 4.74 Å². The minimum absolute atomic E-state index is 0.121. The van der Waals surface area contributed by atoms with Crippen molar-refractivity contribution in [3.8, 4) is 5.75 Å². The second kappa shape index (κ2) is 8.27. The number of hydrogen-bond donors (Lipinski definition) is 1. The number of carbonyl (C=O) groups is 1. The SMILES string of the molecule is O=C(COc1ccc2ccccc2c1Br)N/N=C/c1ccccc1Br. The molecule has 0 atom stereocenters. The molecule has 0 unspecified atom stereocenters. The van der Waals surface area contributed by atoms with Gasteiger partial charge in [0.2, 0.25) is 0 Å². The Morgan fingerprint density at radius 2 is 1.80 bits per heavy atom. The lowest BCUT2D eigenvalue weighted by Crippen LogP contribution is -2.24. The molecule has 0 aliphatic rings. The largest absolute Gasteiger partial charge is 0.483 e. The predicted octanol–water partition coefficient (Wildman–Crippen LogP) is 4.89. The highest BCUT2D eigenvalue weighted by Crippen LogP contribution is 2.32. The highest BCUT2D eigenvalue weighted by molar-refractivity contribution is 9.11. The third-order valence-corrected chi connectivity index (χ3v) is 5.02. The van der Waals surface area contributed by atoms with E-state index in [1.165, 1.54) is 0 Å². The number of benzene rings is 3. The van der Waals surface area contributed by atoms with Crippen LogP contribution in [0.25, 0.3) is 10.8 Å². The topological polar surface area (TPSA) is 50.7 Å². The highest BCUT2D eigenvalue weighted by atomic mass is 79.9. The molecule has 0 aliphatic carbocycles. The highest BCUT2D eigenvalue weighted by Gasteiger charge is 2.08. The summed E-state index contributed by atoms with van der Waals surface area (Å²) in [6, 6.07) is 19.4. The van der Waals surface area contributed by atoms with Gasteiger partial charge >= 0.3 is 0 Å². The molecular formula is C19H14Br2N2O2. The van der Waals surface area contributed by atoms with Gasteiger partial charge in [-0.05, 0) is 38.8 Å². The Labute approximate surface area is 162 Å². The molecule has 3 aromatic rings. The summed E-state index contributed by atoms with van der Waals surface area (Å²) < 4.78 is 7.33. The predicted molar refractivity (Wildman–Crippen MR) is 107 cm³/mol. The summed E-state index contributed by atoms with van der Waals surface area (Å²) in [6.45, 7) is -0.121. The second-order valence-corrected chi connectivity index (χ2v) is 6.85. The van der Waals surface area contributed by atoms with E-state index < -0.39 is 0 Å². The molecule has 4 nitrogen and oxygen atoms in total. The number of hydrazone groups is 1. The molecule has 0 spiro atoms. The number of hydrogen-bond acceptors (Lipinski definition) is 3. The summed E-state index contributed by atoms with van der Waals surface area (Å²) in [5, 5.41) is 6.08. The Morgan fingerprint density at radius 1 is 1.04 bits per heavy atom. The van der Waals surface area contributed by atoms with Crippen LogP contribution in [-0.2, 0) is 4.79 Å². The minimum Gasteiger partial charge on any atom is -0.483 e.